The van der Waals surface area contributed by atoms with Crippen LogP contribution >= 0.6 is 0 Å². The highest BCUT2D eigenvalue weighted by atomic mass is 16.2. The minimum Gasteiger partial charge on any atom is -0.369 e. The van der Waals surface area contributed by atoms with Crippen LogP contribution in [0.25, 0.3) is 10.9 Å². The zero-order chi connectivity index (χ0) is 16.5. The molecule has 1 amide bonds. The molecular weight excluding hydrogens is 298 g/mol. The Hall–Kier alpha value is -2.10. The van der Waals surface area contributed by atoms with Crippen LogP contribution in [0.4, 0.5) is 5.69 Å². The molecule has 2 heterocycles. The number of anilines is 1. The number of hydrogen-bond acceptors (Lipinski definition) is 3. The monoisotopic (exact) mass is 323 g/mol. The number of aromatic nitrogens is 1. The molecule has 2 fully saturated rings. The average Bonchev–Trinajstić information content (AvgIpc) is 2.59. The van der Waals surface area contributed by atoms with Gasteiger partial charge in [-0.25, -0.2) is 0 Å². The predicted octanol–water partition coefficient (Wildman–Crippen LogP) is 3.46. The molecule has 1 aliphatic carbocycles. The fourth-order valence-corrected chi connectivity index (χ4v) is 3.97. The van der Waals surface area contributed by atoms with E-state index in [0.717, 1.165) is 44.3 Å². The Labute approximate surface area is 143 Å². The summed E-state index contributed by atoms with van der Waals surface area (Å²) in [5.74, 6) is 0.639. The zero-order valence-electron chi connectivity index (χ0n) is 14.3. The van der Waals surface area contributed by atoms with Gasteiger partial charge in [-0.15, -0.1) is 0 Å². The summed E-state index contributed by atoms with van der Waals surface area (Å²) in [6.45, 7) is 1.97. The second-order valence-electron chi connectivity index (χ2n) is 7.17. The van der Waals surface area contributed by atoms with Crippen molar-refractivity contribution in [1.82, 2.24) is 9.88 Å². The van der Waals surface area contributed by atoms with Gasteiger partial charge < -0.3 is 9.80 Å². The van der Waals surface area contributed by atoms with Gasteiger partial charge in [-0.3, -0.25) is 9.78 Å². The molecule has 4 rings (SSSR count). The fourth-order valence-electron chi connectivity index (χ4n) is 3.97. The number of carbonyl (C=O) groups excluding carboxylic acids is 1. The number of fused-ring (bicyclic) bond motifs is 1. The first-order chi connectivity index (χ1) is 11.7. The molecule has 1 atom stereocenters. The highest BCUT2D eigenvalue weighted by molar-refractivity contribution is 5.91. The summed E-state index contributed by atoms with van der Waals surface area (Å²) < 4.78 is 0. The molecule has 1 aliphatic heterocycles. The van der Waals surface area contributed by atoms with Gasteiger partial charge in [-0.2, -0.15) is 0 Å². The summed E-state index contributed by atoms with van der Waals surface area (Å²) in [4.78, 5) is 21.5. The van der Waals surface area contributed by atoms with E-state index in [-0.39, 0.29) is 5.92 Å². The van der Waals surface area contributed by atoms with Gasteiger partial charge in [0.25, 0.3) is 0 Å². The third kappa shape index (κ3) is 2.74. The van der Waals surface area contributed by atoms with Crippen LogP contribution in [0.5, 0.6) is 0 Å². The van der Waals surface area contributed by atoms with Crippen molar-refractivity contribution in [2.45, 2.75) is 38.1 Å². The lowest BCUT2D eigenvalue weighted by Crippen LogP contribution is -2.50. The average molecular weight is 323 g/mol. The van der Waals surface area contributed by atoms with Crippen LogP contribution in [0.1, 0.15) is 32.1 Å². The van der Waals surface area contributed by atoms with E-state index in [1.807, 2.05) is 24.2 Å². The Morgan fingerprint density at radius 3 is 2.79 bits per heavy atom. The maximum atomic E-state index is 12.6. The smallest absolute Gasteiger partial charge is 0.225 e. The summed E-state index contributed by atoms with van der Waals surface area (Å²) in [7, 11) is 2.00. The Bertz CT molecular complexity index is 735. The molecule has 4 heteroatoms. The minimum absolute atomic E-state index is 0.284. The molecule has 0 bridgehead atoms. The summed E-state index contributed by atoms with van der Waals surface area (Å²) in [6.07, 6.45) is 7.50. The molecule has 4 nitrogen and oxygen atoms in total. The van der Waals surface area contributed by atoms with E-state index in [2.05, 4.69) is 34.1 Å². The van der Waals surface area contributed by atoms with E-state index in [4.69, 9.17) is 0 Å². The lowest BCUT2D eigenvalue weighted by molar-refractivity contribution is -0.139. The van der Waals surface area contributed by atoms with E-state index in [9.17, 15) is 4.79 Å². The maximum Gasteiger partial charge on any atom is 0.225 e. The summed E-state index contributed by atoms with van der Waals surface area (Å²) in [6, 6.07) is 10.7. The van der Waals surface area contributed by atoms with Gasteiger partial charge in [0.1, 0.15) is 0 Å². The Morgan fingerprint density at radius 1 is 1.17 bits per heavy atom. The molecule has 126 valence electrons. The highest BCUT2D eigenvalue weighted by Gasteiger charge is 2.33. The van der Waals surface area contributed by atoms with Crippen molar-refractivity contribution in [3.05, 3.63) is 36.5 Å². The van der Waals surface area contributed by atoms with Crippen LogP contribution < -0.4 is 4.90 Å². The standard InChI is InChI=1S/C20H25N3O/c1-22(20(24)15-6-4-7-15)16-8-5-13-23(14-16)19-11-12-21-18-10-3-2-9-17(18)19/h2-3,9-12,15-16H,4-8,13-14H2,1H3. The molecule has 1 aromatic carbocycles. The van der Waals surface area contributed by atoms with Crippen LogP contribution in [0, 0.1) is 5.92 Å². The normalized spacial score (nSPS) is 21.5. The molecule has 1 saturated carbocycles. The first-order valence-electron chi connectivity index (χ1n) is 9.09. The van der Waals surface area contributed by atoms with E-state index in [1.54, 1.807) is 0 Å². The van der Waals surface area contributed by atoms with Crippen LogP contribution in [0.2, 0.25) is 0 Å². The van der Waals surface area contributed by atoms with Crippen molar-refractivity contribution in [3.63, 3.8) is 0 Å². The van der Waals surface area contributed by atoms with Crippen molar-refractivity contribution in [2.75, 3.05) is 25.0 Å². The van der Waals surface area contributed by atoms with Crippen LogP contribution in [-0.2, 0) is 4.79 Å². The third-order valence-electron chi connectivity index (χ3n) is 5.71. The lowest BCUT2D eigenvalue weighted by Gasteiger charge is -2.41. The van der Waals surface area contributed by atoms with Crippen LogP contribution in [0.3, 0.4) is 0 Å². The second-order valence-corrected chi connectivity index (χ2v) is 7.17. The first-order valence-corrected chi connectivity index (χ1v) is 9.09. The molecule has 1 unspecified atom stereocenters. The molecule has 2 aliphatic rings. The van der Waals surface area contributed by atoms with Gasteiger partial charge in [0.05, 0.1) is 5.52 Å². The largest absolute Gasteiger partial charge is 0.369 e. The number of benzene rings is 1. The van der Waals surface area contributed by atoms with Crippen molar-refractivity contribution >= 4 is 22.5 Å². The Kier molecular flexibility index (Phi) is 4.13. The molecule has 2 aromatic rings. The van der Waals surface area contributed by atoms with Gasteiger partial charge >= 0.3 is 0 Å². The lowest BCUT2D eigenvalue weighted by atomic mass is 9.84. The van der Waals surface area contributed by atoms with E-state index in [1.165, 1.54) is 17.5 Å². The van der Waals surface area contributed by atoms with Gasteiger partial charge in [0.2, 0.25) is 5.91 Å². The number of rotatable bonds is 3. The topological polar surface area (TPSA) is 36.4 Å². The summed E-state index contributed by atoms with van der Waals surface area (Å²) >= 11 is 0. The van der Waals surface area contributed by atoms with Crippen LogP contribution in [0.15, 0.2) is 36.5 Å². The van der Waals surface area contributed by atoms with E-state index < -0.39 is 0 Å². The summed E-state index contributed by atoms with van der Waals surface area (Å²) in [5.41, 5.74) is 2.28. The highest BCUT2D eigenvalue weighted by Crippen LogP contribution is 2.31. The van der Waals surface area contributed by atoms with Gasteiger partial charge in [-0.1, -0.05) is 24.6 Å². The van der Waals surface area contributed by atoms with Gasteiger partial charge in [-0.05, 0) is 37.8 Å². The molecule has 1 aromatic heterocycles. The number of para-hydroxylation sites is 1. The minimum atomic E-state index is 0.284. The van der Waals surface area contributed by atoms with Crippen molar-refractivity contribution in [1.29, 1.82) is 0 Å². The molecular formula is C20H25N3O. The number of piperidine rings is 1. The molecule has 1 saturated heterocycles. The van der Waals surface area contributed by atoms with Crippen molar-refractivity contribution < 1.29 is 4.79 Å². The molecule has 0 spiro atoms. The SMILES string of the molecule is CN(C(=O)C1CCC1)C1CCCN(c2ccnc3ccccc23)C1. The quantitative estimate of drug-likeness (QED) is 0.868. The molecule has 24 heavy (non-hydrogen) atoms. The maximum absolute atomic E-state index is 12.6. The summed E-state index contributed by atoms with van der Waals surface area (Å²) in [5, 5.41) is 1.20. The molecule has 0 N–H and O–H groups in total. The fraction of sp³-hybridized carbons (Fsp3) is 0.500. The second kappa shape index (κ2) is 6.42. The third-order valence-corrected chi connectivity index (χ3v) is 5.71. The number of pyridine rings is 1. The number of carbonyl (C=O) groups is 1. The zero-order valence-corrected chi connectivity index (χ0v) is 14.3. The number of nitrogens with zero attached hydrogens (tertiary/aromatic N) is 3. The number of hydrogen-bond donors (Lipinski definition) is 0. The van der Waals surface area contributed by atoms with Crippen molar-refractivity contribution in [3.8, 4) is 0 Å². The Balaban J connectivity index is 1.55. The number of amides is 1. The van der Waals surface area contributed by atoms with Crippen molar-refractivity contribution in [2.24, 2.45) is 5.92 Å². The van der Waals surface area contributed by atoms with E-state index >= 15 is 0 Å². The predicted molar refractivity (Wildman–Crippen MR) is 97.1 cm³/mol. The Morgan fingerprint density at radius 2 is 2.00 bits per heavy atom. The van der Waals surface area contributed by atoms with Gasteiger partial charge in [0.15, 0.2) is 0 Å². The van der Waals surface area contributed by atoms with E-state index in [0.29, 0.717) is 11.9 Å². The first kappa shape index (κ1) is 15.4. The molecule has 0 radical (unpaired) electrons. The van der Waals surface area contributed by atoms with Gasteiger partial charge in [0, 0.05) is 49.4 Å². The van der Waals surface area contributed by atoms with Crippen LogP contribution in [-0.4, -0.2) is 42.0 Å². The number of likely N-dealkylation sites (N-methyl/N-ethyl adjacent to an activating group) is 1.